The maximum absolute atomic E-state index is 13.2. The first-order chi connectivity index (χ1) is 7.54. The molecule has 1 rings (SSSR count). The molecule has 0 aliphatic heterocycles. The van der Waals surface area contributed by atoms with E-state index in [2.05, 4.69) is 15.2 Å². The summed E-state index contributed by atoms with van der Waals surface area (Å²) in [7, 11) is 0. The maximum atomic E-state index is 13.2. The summed E-state index contributed by atoms with van der Waals surface area (Å²) in [5.41, 5.74) is 4.70. The van der Waals surface area contributed by atoms with Crippen molar-refractivity contribution in [1.29, 1.82) is 0 Å². The molecule has 2 N–H and O–H groups in total. The average Bonchev–Trinajstić information content (AvgIpc) is 2.20. The third-order valence-corrected chi connectivity index (χ3v) is 1.58. The minimum Gasteiger partial charge on any atom is -0.463 e. The number of hydrogen-bond acceptors (Lipinski definition) is 4. The van der Waals surface area contributed by atoms with Crippen LogP contribution in [0.2, 0.25) is 0 Å². The maximum Gasteiger partial charge on any atom is 0.410 e. The van der Waals surface area contributed by atoms with E-state index in [-0.39, 0.29) is 18.6 Å². The number of amides is 1. The van der Waals surface area contributed by atoms with E-state index in [1.54, 1.807) is 0 Å². The molecule has 0 aromatic heterocycles. The van der Waals surface area contributed by atoms with Crippen molar-refractivity contribution in [2.75, 3.05) is 0 Å². The summed E-state index contributed by atoms with van der Waals surface area (Å²) >= 11 is 0. The zero-order chi connectivity index (χ0) is 12.1. The van der Waals surface area contributed by atoms with Gasteiger partial charge in [-0.3, -0.25) is 4.79 Å². The second kappa shape index (κ2) is 5.06. The minimum atomic E-state index is -1.32. The molecule has 0 bridgehead atoms. The quantitative estimate of drug-likeness (QED) is 0.787. The van der Waals surface area contributed by atoms with Crippen LogP contribution in [0.15, 0.2) is 12.1 Å². The van der Waals surface area contributed by atoms with Gasteiger partial charge in [0.2, 0.25) is 5.75 Å². The van der Waals surface area contributed by atoms with Crippen LogP contribution in [0.5, 0.6) is 5.75 Å². The van der Waals surface area contributed by atoms with Crippen molar-refractivity contribution in [2.45, 2.75) is 6.61 Å². The number of benzene rings is 1. The summed E-state index contributed by atoms with van der Waals surface area (Å²) in [4.78, 5) is 20.2. The van der Waals surface area contributed by atoms with E-state index >= 15 is 0 Å². The van der Waals surface area contributed by atoms with E-state index in [0.29, 0.717) is 0 Å². The second-order valence-corrected chi connectivity index (χ2v) is 2.72. The van der Waals surface area contributed by atoms with Gasteiger partial charge in [0.25, 0.3) is 6.47 Å². The Kier molecular flexibility index (Phi) is 3.76. The van der Waals surface area contributed by atoms with Crippen LogP contribution in [-0.2, 0) is 16.1 Å². The minimum absolute atomic E-state index is 0.0823. The number of ether oxygens (including phenoxy) is 2. The fraction of sp³-hybridized carbons (Fsp3) is 0.111. The second-order valence-electron chi connectivity index (χ2n) is 2.72. The summed E-state index contributed by atoms with van der Waals surface area (Å²) < 4.78 is 34.8. The van der Waals surface area contributed by atoms with E-state index < -0.39 is 23.5 Å². The van der Waals surface area contributed by atoms with Crippen LogP contribution in [0, 0.1) is 11.6 Å². The highest BCUT2D eigenvalue weighted by Crippen LogP contribution is 2.23. The molecule has 1 aromatic carbocycles. The van der Waals surface area contributed by atoms with Crippen molar-refractivity contribution >= 4 is 12.6 Å². The predicted molar refractivity (Wildman–Crippen MR) is 47.4 cm³/mol. The van der Waals surface area contributed by atoms with Crippen LogP contribution in [0.1, 0.15) is 5.56 Å². The van der Waals surface area contributed by atoms with E-state index in [0.717, 1.165) is 12.1 Å². The molecule has 0 aliphatic carbocycles. The lowest BCUT2D eigenvalue weighted by Crippen LogP contribution is -2.18. The summed E-state index contributed by atoms with van der Waals surface area (Å²) in [5, 5.41) is 0. The summed E-state index contributed by atoms with van der Waals surface area (Å²) in [6.45, 7) is -0.141. The molecular formula is C9H7F2NO4. The molecule has 0 saturated carbocycles. The van der Waals surface area contributed by atoms with Crippen molar-refractivity contribution in [2.24, 2.45) is 5.73 Å². The summed E-state index contributed by atoms with van der Waals surface area (Å²) in [5.74, 6) is -3.10. The molecule has 0 fully saturated rings. The molecule has 0 radical (unpaired) electrons. The zero-order valence-electron chi connectivity index (χ0n) is 7.91. The van der Waals surface area contributed by atoms with E-state index in [4.69, 9.17) is 0 Å². The van der Waals surface area contributed by atoms with Gasteiger partial charge in [-0.05, 0) is 17.7 Å². The van der Waals surface area contributed by atoms with Gasteiger partial charge in [-0.1, -0.05) is 0 Å². The molecule has 0 atom stereocenters. The Labute approximate surface area is 88.7 Å². The Morgan fingerprint density at radius 2 is 1.94 bits per heavy atom. The van der Waals surface area contributed by atoms with Crippen molar-refractivity contribution in [3.63, 3.8) is 0 Å². The van der Waals surface area contributed by atoms with Gasteiger partial charge < -0.3 is 15.2 Å². The zero-order valence-corrected chi connectivity index (χ0v) is 7.91. The van der Waals surface area contributed by atoms with E-state index in [1.807, 2.05) is 0 Å². The Morgan fingerprint density at radius 1 is 1.38 bits per heavy atom. The molecular weight excluding hydrogens is 224 g/mol. The summed E-state index contributed by atoms with van der Waals surface area (Å²) in [6.07, 6.45) is -1.32. The first kappa shape index (κ1) is 11.9. The van der Waals surface area contributed by atoms with Crippen LogP contribution in [0.3, 0.4) is 0 Å². The smallest absolute Gasteiger partial charge is 0.410 e. The van der Waals surface area contributed by atoms with Crippen molar-refractivity contribution in [1.82, 2.24) is 0 Å². The van der Waals surface area contributed by atoms with Crippen LogP contribution >= 0.6 is 0 Å². The number of halogens is 2. The summed E-state index contributed by atoms with van der Waals surface area (Å²) in [6, 6.07) is 1.73. The molecule has 86 valence electrons. The van der Waals surface area contributed by atoms with Crippen LogP contribution in [0.25, 0.3) is 0 Å². The Hall–Kier alpha value is -2.18. The molecule has 16 heavy (non-hydrogen) atoms. The van der Waals surface area contributed by atoms with Gasteiger partial charge in [-0.15, -0.1) is 0 Å². The van der Waals surface area contributed by atoms with Crippen LogP contribution in [-0.4, -0.2) is 12.6 Å². The number of carbonyl (C=O) groups excluding carboxylic acids is 2. The molecule has 0 unspecified atom stereocenters. The number of primary amides is 1. The fourth-order valence-corrected chi connectivity index (χ4v) is 1.02. The number of nitrogens with two attached hydrogens (primary N) is 1. The third kappa shape index (κ3) is 2.91. The van der Waals surface area contributed by atoms with E-state index in [9.17, 15) is 18.4 Å². The Balaban J connectivity index is 2.97. The van der Waals surface area contributed by atoms with Gasteiger partial charge in [0.1, 0.15) is 6.61 Å². The van der Waals surface area contributed by atoms with E-state index in [1.165, 1.54) is 0 Å². The molecule has 1 aromatic rings. The highest BCUT2D eigenvalue weighted by molar-refractivity contribution is 5.68. The van der Waals surface area contributed by atoms with Gasteiger partial charge in [-0.25, -0.2) is 13.6 Å². The Morgan fingerprint density at radius 3 is 2.38 bits per heavy atom. The number of carbonyl (C=O) groups is 2. The highest BCUT2D eigenvalue weighted by Gasteiger charge is 2.15. The lowest BCUT2D eigenvalue weighted by molar-refractivity contribution is -0.129. The largest absolute Gasteiger partial charge is 0.463 e. The molecule has 0 saturated heterocycles. The van der Waals surface area contributed by atoms with Crippen molar-refractivity contribution < 1.29 is 27.8 Å². The van der Waals surface area contributed by atoms with Gasteiger partial charge in [0, 0.05) is 0 Å². The molecule has 5 nitrogen and oxygen atoms in total. The van der Waals surface area contributed by atoms with Crippen LogP contribution in [0.4, 0.5) is 13.6 Å². The highest BCUT2D eigenvalue weighted by atomic mass is 19.1. The van der Waals surface area contributed by atoms with Gasteiger partial charge >= 0.3 is 6.09 Å². The fourth-order valence-electron chi connectivity index (χ4n) is 1.02. The lowest BCUT2D eigenvalue weighted by Gasteiger charge is -2.06. The van der Waals surface area contributed by atoms with Gasteiger partial charge in [0.15, 0.2) is 11.6 Å². The first-order valence-corrected chi connectivity index (χ1v) is 4.05. The van der Waals surface area contributed by atoms with Gasteiger partial charge in [0.05, 0.1) is 0 Å². The Bertz CT molecular complexity index is 399. The van der Waals surface area contributed by atoms with Crippen LogP contribution < -0.4 is 10.5 Å². The number of rotatable bonds is 4. The predicted octanol–water partition coefficient (Wildman–Crippen LogP) is 1.10. The van der Waals surface area contributed by atoms with Crippen molar-refractivity contribution in [3.05, 3.63) is 29.3 Å². The molecule has 0 spiro atoms. The molecule has 1 amide bonds. The third-order valence-electron chi connectivity index (χ3n) is 1.58. The molecule has 7 heteroatoms. The lowest BCUT2D eigenvalue weighted by atomic mass is 10.2. The SMILES string of the molecule is NC(=O)Oc1c(F)cc(COC=O)cc1F. The normalized spacial score (nSPS) is 9.62. The topological polar surface area (TPSA) is 78.6 Å². The number of hydrogen-bond donors (Lipinski definition) is 1. The first-order valence-electron chi connectivity index (χ1n) is 4.05. The van der Waals surface area contributed by atoms with Gasteiger partial charge in [-0.2, -0.15) is 0 Å². The van der Waals surface area contributed by atoms with Crippen molar-refractivity contribution in [3.8, 4) is 5.75 Å². The average molecular weight is 231 g/mol. The molecule has 0 aliphatic rings. The monoisotopic (exact) mass is 231 g/mol. The standard InChI is InChI=1S/C9H7F2NO4/c10-6-1-5(3-15-4-13)2-7(11)8(6)16-9(12)14/h1-2,4H,3H2,(H2,12,14). The molecule has 0 heterocycles.